The first kappa shape index (κ1) is 14.1. The van der Waals surface area contributed by atoms with Crippen LogP contribution in [0.4, 0.5) is 13.2 Å². The molecule has 0 aliphatic carbocycles. The summed E-state index contributed by atoms with van der Waals surface area (Å²) < 4.78 is 38.9. The molecule has 0 amide bonds. The van der Waals surface area contributed by atoms with E-state index in [-0.39, 0.29) is 12.0 Å². The van der Waals surface area contributed by atoms with E-state index >= 15 is 0 Å². The molecule has 16 heavy (non-hydrogen) atoms. The Morgan fingerprint density at radius 1 is 1.38 bits per heavy atom. The van der Waals surface area contributed by atoms with Gasteiger partial charge in [0.15, 0.2) is 0 Å². The highest BCUT2D eigenvalue weighted by molar-refractivity contribution is 6.20. The van der Waals surface area contributed by atoms with Gasteiger partial charge in [-0.2, -0.15) is 0 Å². The first-order valence-corrected chi connectivity index (χ1v) is 5.89. The molecule has 0 bridgehead atoms. The van der Waals surface area contributed by atoms with E-state index in [0.717, 1.165) is 25.9 Å². The Morgan fingerprint density at radius 2 is 1.94 bits per heavy atom. The molecule has 1 saturated heterocycles. The molecule has 1 atom stereocenters. The highest BCUT2D eigenvalue weighted by Crippen LogP contribution is 2.24. The van der Waals surface area contributed by atoms with E-state index < -0.39 is 6.36 Å². The number of piperidine rings is 1. The minimum Gasteiger partial charge on any atom is -0.301 e. The average Bonchev–Trinajstić information content (AvgIpc) is 2.16. The van der Waals surface area contributed by atoms with Gasteiger partial charge in [-0.15, -0.1) is 24.8 Å². The number of ether oxygens (including phenoxy) is 1. The van der Waals surface area contributed by atoms with E-state index in [1.54, 1.807) is 0 Å². The molecule has 1 fully saturated rings. The largest absolute Gasteiger partial charge is 0.522 e. The van der Waals surface area contributed by atoms with Crippen LogP contribution in [0.1, 0.15) is 19.8 Å². The van der Waals surface area contributed by atoms with Gasteiger partial charge in [0, 0.05) is 11.9 Å². The van der Waals surface area contributed by atoms with E-state index in [1.807, 2.05) is 11.8 Å². The highest BCUT2D eigenvalue weighted by Gasteiger charge is 2.29. The van der Waals surface area contributed by atoms with E-state index in [9.17, 15) is 13.2 Å². The fourth-order valence-corrected chi connectivity index (χ4v) is 2.18. The molecule has 1 aliphatic rings. The van der Waals surface area contributed by atoms with Gasteiger partial charge in [-0.1, -0.05) is 0 Å². The highest BCUT2D eigenvalue weighted by atomic mass is 35.5. The molecule has 6 heteroatoms. The molecule has 0 N–H and O–H groups in total. The lowest BCUT2D eigenvalue weighted by Crippen LogP contribution is -2.38. The molecular weight excluding hydrogens is 243 g/mol. The van der Waals surface area contributed by atoms with Gasteiger partial charge in [0.05, 0.1) is 6.61 Å². The van der Waals surface area contributed by atoms with E-state index in [2.05, 4.69) is 4.74 Å². The minimum absolute atomic E-state index is 0.147. The molecule has 2 nitrogen and oxygen atoms in total. The Kier molecular flexibility index (Phi) is 5.34. The fraction of sp³-hybridized carbons (Fsp3) is 1.00. The predicted molar refractivity (Wildman–Crippen MR) is 56.5 cm³/mol. The lowest BCUT2D eigenvalue weighted by molar-refractivity contribution is -0.325. The first-order valence-electron chi connectivity index (χ1n) is 5.45. The number of rotatable bonds is 4. The predicted octanol–water partition coefficient (Wildman–Crippen LogP) is 2.86. The molecule has 0 spiro atoms. The van der Waals surface area contributed by atoms with Crippen LogP contribution in [0.5, 0.6) is 0 Å². The smallest absolute Gasteiger partial charge is 0.301 e. The molecule has 0 saturated carbocycles. The summed E-state index contributed by atoms with van der Waals surface area (Å²) in [6.07, 6.45) is -2.60. The Morgan fingerprint density at radius 3 is 2.38 bits per heavy atom. The summed E-state index contributed by atoms with van der Waals surface area (Å²) in [5.41, 5.74) is 0. The molecule has 0 aromatic carbocycles. The molecule has 0 radical (unpaired) electrons. The topological polar surface area (TPSA) is 12.5 Å². The van der Waals surface area contributed by atoms with Crippen LogP contribution in [0.15, 0.2) is 0 Å². The van der Waals surface area contributed by atoms with Crippen LogP contribution in [-0.4, -0.2) is 42.9 Å². The summed E-state index contributed by atoms with van der Waals surface area (Å²) in [4.78, 5) is 1.99. The van der Waals surface area contributed by atoms with Crippen LogP contribution in [0.25, 0.3) is 0 Å². The minimum atomic E-state index is -4.51. The summed E-state index contributed by atoms with van der Waals surface area (Å²) in [6, 6.07) is 0. The second-order valence-corrected chi connectivity index (χ2v) is 4.84. The monoisotopic (exact) mass is 259 g/mol. The van der Waals surface area contributed by atoms with Crippen molar-refractivity contribution in [2.75, 3.05) is 26.2 Å². The Hall–Kier alpha value is -0.0000000000000000555. The molecule has 1 heterocycles. The van der Waals surface area contributed by atoms with Crippen molar-refractivity contribution in [3.05, 3.63) is 0 Å². The maximum atomic E-state index is 11.7. The maximum Gasteiger partial charge on any atom is 0.522 e. The number of likely N-dealkylation sites (tertiary alicyclic amines) is 1. The van der Waals surface area contributed by atoms with Crippen LogP contribution in [0.2, 0.25) is 0 Å². The third-order valence-electron chi connectivity index (χ3n) is 2.96. The van der Waals surface area contributed by atoms with Gasteiger partial charge in [0.2, 0.25) is 0 Å². The van der Waals surface area contributed by atoms with E-state index in [0.29, 0.717) is 12.5 Å². The van der Waals surface area contributed by atoms with Crippen molar-refractivity contribution in [2.45, 2.75) is 31.5 Å². The fourth-order valence-electron chi connectivity index (χ4n) is 1.93. The van der Waals surface area contributed by atoms with Gasteiger partial charge in [0.25, 0.3) is 0 Å². The molecule has 1 aliphatic heterocycles. The zero-order valence-corrected chi connectivity index (χ0v) is 10.0. The molecule has 0 aromatic rings. The third kappa shape index (κ3) is 5.37. The molecule has 0 aromatic heterocycles. The van der Waals surface area contributed by atoms with Crippen LogP contribution >= 0.6 is 11.6 Å². The van der Waals surface area contributed by atoms with Gasteiger partial charge in [-0.3, -0.25) is 4.74 Å². The number of hydrogen-bond donors (Lipinski definition) is 0. The Balaban J connectivity index is 2.13. The van der Waals surface area contributed by atoms with Crippen molar-refractivity contribution < 1.29 is 17.9 Å². The van der Waals surface area contributed by atoms with Gasteiger partial charge in [-0.05, 0) is 38.8 Å². The zero-order valence-electron chi connectivity index (χ0n) is 9.26. The van der Waals surface area contributed by atoms with Gasteiger partial charge in [-0.25, -0.2) is 0 Å². The van der Waals surface area contributed by atoms with Crippen molar-refractivity contribution >= 4 is 11.6 Å². The maximum absolute atomic E-state index is 11.7. The molecular formula is C10H17ClF3NO. The number of alkyl halides is 4. The molecule has 1 unspecified atom stereocenters. The molecule has 1 rings (SSSR count). The number of halogens is 4. The quantitative estimate of drug-likeness (QED) is 0.720. The lowest BCUT2D eigenvalue weighted by Gasteiger charge is -2.32. The SMILES string of the molecule is CC(Cl)C1CCN(CCOC(F)(F)F)CC1. The molecule has 96 valence electrons. The summed E-state index contributed by atoms with van der Waals surface area (Å²) >= 11 is 5.98. The second kappa shape index (κ2) is 6.07. The van der Waals surface area contributed by atoms with Gasteiger partial charge >= 0.3 is 6.36 Å². The number of nitrogens with zero attached hydrogens (tertiary/aromatic N) is 1. The van der Waals surface area contributed by atoms with Crippen molar-refractivity contribution in [1.82, 2.24) is 4.90 Å². The normalized spacial score (nSPS) is 22.3. The standard InChI is InChI=1S/C10H17ClF3NO/c1-8(11)9-2-4-15(5-3-9)6-7-16-10(12,13)14/h8-9H,2-7H2,1H3. The van der Waals surface area contributed by atoms with E-state index in [1.165, 1.54) is 0 Å². The average molecular weight is 260 g/mol. The number of hydrogen-bond acceptors (Lipinski definition) is 2. The summed E-state index contributed by atoms with van der Waals surface area (Å²) in [5.74, 6) is 0.487. The third-order valence-corrected chi connectivity index (χ3v) is 3.31. The van der Waals surface area contributed by atoms with Crippen LogP contribution in [-0.2, 0) is 4.74 Å². The summed E-state index contributed by atoms with van der Waals surface area (Å²) in [7, 11) is 0. The lowest BCUT2D eigenvalue weighted by atomic mass is 9.94. The Bertz CT molecular complexity index is 203. The van der Waals surface area contributed by atoms with Crippen LogP contribution < -0.4 is 0 Å². The Labute approximate surface area is 98.7 Å². The first-order chi connectivity index (χ1) is 7.38. The van der Waals surface area contributed by atoms with Crippen molar-refractivity contribution in [1.29, 1.82) is 0 Å². The summed E-state index contributed by atoms with van der Waals surface area (Å²) in [6.45, 7) is 3.63. The van der Waals surface area contributed by atoms with Crippen molar-refractivity contribution in [2.24, 2.45) is 5.92 Å². The second-order valence-electron chi connectivity index (χ2n) is 4.15. The van der Waals surface area contributed by atoms with Gasteiger partial charge in [0.1, 0.15) is 0 Å². The van der Waals surface area contributed by atoms with Crippen LogP contribution in [0, 0.1) is 5.92 Å². The van der Waals surface area contributed by atoms with E-state index in [4.69, 9.17) is 11.6 Å². The van der Waals surface area contributed by atoms with Crippen molar-refractivity contribution in [3.63, 3.8) is 0 Å². The van der Waals surface area contributed by atoms with Gasteiger partial charge < -0.3 is 4.90 Å². The van der Waals surface area contributed by atoms with Crippen LogP contribution in [0.3, 0.4) is 0 Å². The van der Waals surface area contributed by atoms with Crippen molar-refractivity contribution in [3.8, 4) is 0 Å². The zero-order chi connectivity index (χ0) is 12.2. The summed E-state index contributed by atoms with van der Waals surface area (Å²) in [5, 5.41) is 0.147.